The average Bonchev–Trinajstić information content (AvgIpc) is 3.23. The van der Waals surface area contributed by atoms with Gasteiger partial charge in [-0.1, -0.05) is 218 Å². The summed E-state index contributed by atoms with van der Waals surface area (Å²) in [5.74, 6) is -0.874. The van der Waals surface area contributed by atoms with Crippen molar-refractivity contribution in [2.45, 2.75) is 284 Å². The van der Waals surface area contributed by atoms with Crippen LogP contribution in [0.25, 0.3) is 0 Å². The van der Waals surface area contributed by atoms with Crippen LogP contribution in [0.3, 0.4) is 0 Å². The van der Waals surface area contributed by atoms with E-state index < -0.39 is 6.10 Å². The molecule has 0 aromatic rings. The van der Waals surface area contributed by atoms with Crippen LogP contribution in [0.15, 0.2) is 24.3 Å². The zero-order chi connectivity index (χ0) is 43.0. The summed E-state index contributed by atoms with van der Waals surface area (Å²) in [6, 6.07) is 0. The summed E-state index contributed by atoms with van der Waals surface area (Å²) >= 11 is 0. The lowest BCUT2D eigenvalue weighted by Crippen LogP contribution is -2.30. The summed E-state index contributed by atoms with van der Waals surface area (Å²) in [5, 5.41) is 0. The van der Waals surface area contributed by atoms with E-state index >= 15 is 0 Å². The highest BCUT2D eigenvalue weighted by molar-refractivity contribution is 5.71. The predicted octanol–water partition coefficient (Wildman–Crippen LogP) is 16.8. The second-order valence-electron chi connectivity index (χ2n) is 17.4. The molecule has 0 radical (unpaired) electrons. The van der Waals surface area contributed by atoms with Gasteiger partial charge in [0.15, 0.2) is 6.10 Å². The van der Waals surface area contributed by atoms with E-state index in [0.29, 0.717) is 19.3 Å². The van der Waals surface area contributed by atoms with E-state index in [1.54, 1.807) is 0 Å². The molecular formula is C53H98O6. The number of esters is 3. The summed E-state index contributed by atoms with van der Waals surface area (Å²) in [5.41, 5.74) is 0. The van der Waals surface area contributed by atoms with Crippen LogP contribution in [0.1, 0.15) is 278 Å². The number of unbranched alkanes of at least 4 members (excludes halogenated alkanes) is 32. The normalized spacial score (nSPS) is 12.1. The Labute approximate surface area is 366 Å². The minimum Gasteiger partial charge on any atom is -0.462 e. The zero-order valence-corrected chi connectivity index (χ0v) is 39.5. The van der Waals surface area contributed by atoms with Gasteiger partial charge in [0, 0.05) is 19.3 Å². The quantitative estimate of drug-likeness (QED) is 0.0263. The van der Waals surface area contributed by atoms with Crippen molar-refractivity contribution in [1.82, 2.24) is 0 Å². The van der Waals surface area contributed by atoms with Crippen molar-refractivity contribution >= 4 is 17.9 Å². The van der Waals surface area contributed by atoms with Crippen LogP contribution in [0.5, 0.6) is 0 Å². The fourth-order valence-corrected chi connectivity index (χ4v) is 7.48. The summed E-state index contributed by atoms with van der Waals surface area (Å²) < 4.78 is 16.8. The maximum absolute atomic E-state index is 12.7. The van der Waals surface area contributed by atoms with Crippen LogP contribution >= 0.6 is 0 Å². The zero-order valence-electron chi connectivity index (χ0n) is 39.5. The van der Waals surface area contributed by atoms with Gasteiger partial charge < -0.3 is 14.2 Å². The van der Waals surface area contributed by atoms with Crippen molar-refractivity contribution in [3.8, 4) is 0 Å². The molecule has 0 aliphatic heterocycles. The fourth-order valence-electron chi connectivity index (χ4n) is 7.48. The van der Waals surface area contributed by atoms with Crippen LogP contribution in [-0.2, 0) is 28.6 Å². The maximum Gasteiger partial charge on any atom is 0.306 e. The van der Waals surface area contributed by atoms with E-state index in [2.05, 4.69) is 45.1 Å². The molecule has 0 amide bonds. The highest BCUT2D eigenvalue weighted by Gasteiger charge is 2.19. The third-order valence-corrected chi connectivity index (χ3v) is 11.4. The number of hydrogen-bond acceptors (Lipinski definition) is 6. The van der Waals surface area contributed by atoms with Crippen molar-refractivity contribution in [2.75, 3.05) is 13.2 Å². The third-order valence-electron chi connectivity index (χ3n) is 11.4. The van der Waals surface area contributed by atoms with E-state index in [4.69, 9.17) is 14.2 Å². The first-order valence-electron chi connectivity index (χ1n) is 25.8. The van der Waals surface area contributed by atoms with Gasteiger partial charge >= 0.3 is 17.9 Å². The summed E-state index contributed by atoms with van der Waals surface area (Å²) in [6.07, 6.45) is 54.5. The van der Waals surface area contributed by atoms with Crippen molar-refractivity contribution in [2.24, 2.45) is 0 Å². The molecule has 0 aromatic heterocycles. The molecule has 0 spiro atoms. The van der Waals surface area contributed by atoms with E-state index in [0.717, 1.165) is 64.2 Å². The SMILES string of the molecule is CCCC/C=C\CCCCCCCC(=O)O[C@H](COC(=O)CCCCCCCCCCC/C=C\CCCCCCCC)COC(=O)CCCCCCCCCCCCC. The predicted molar refractivity (Wildman–Crippen MR) is 252 cm³/mol. The Hall–Kier alpha value is -2.11. The standard InChI is InChI=1S/C53H98O6/c1-4-7-10-13-16-19-22-23-24-25-26-27-28-29-32-34-37-40-43-46-52(55)58-49-50(59-53(56)47-44-41-38-35-31-21-18-15-12-9-6-3)48-57-51(54)45-42-39-36-33-30-20-17-14-11-8-5-2/h15,18,23-24,50H,4-14,16-17,19-22,25-49H2,1-3H3/b18-15-,24-23-/t50-/m0/s1. The maximum atomic E-state index is 12.7. The summed E-state index contributed by atoms with van der Waals surface area (Å²) in [6.45, 7) is 6.60. The van der Waals surface area contributed by atoms with Gasteiger partial charge in [-0.2, -0.15) is 0 Å². The van der Waals surface area contributed by atoms with Gasteiger partial charge in [0.05, 0.1) is 0 Å². The first-order chi connectivity index (χ1) is 29.0. The molecule has 0 rings (SSSR count). The third kappa shape index (κ3) is 46.8. The Morgan fingerprint density at radius 1 is 0.322 bits per heavy atom. The number of hydrogen-bond donors (Lipinski definition) is 0. The molecule has 0 aliphatic carbocycles. The highest BCUT2D eigenvalue weighted by atomic mass is 16.6. The first-order valence-corrected chi connectivity index (χ1v) is 25.8. The molecule has 0 aliphatic rings. The van der Waals surface area contributed by atoms with Gasteiger partial charge in [0.1, 0.15) is 13.2 Å². The van der Waals surface area contributed by atoms with E-state index in [1.807, 2.05) is 0 Å². The molecular weight excluding hydrogens is 733 g/mol. The van der Waals surface area contributed by atoms with Crippen molar-refractivity contribution < 1.29 is 28.6 Å². The van der Waals surface area contributed by atoms with Gasteiger partial charge in [-0.15, -0.1) is 0 Å². The first kappa shape index (κ1) is 56.9. The molecule has 0 saturated heterocycles. The molecule has 6 nitrogen and oxygen atoms in total. The molecule has 0 bridgehead atoms. The number of carbonyl (C=O) groups excluding carboxylic acids is 3. The Balaban J connectivity index is 4.27. The Bertz CT molecular complexity index is 958. The fraction of sp³-hybridized carbons (Fsp3) is 0.868. The lowest BCUT2D eigenvalue weighted by molar-refractivity contribution is -0.167. The Morgan fingerprint density at radius 3 is 0.898 bits per heavy atom. The van der Waals surface area contributed by atoms with Crippen LogP contribution in [0, 0.1) is 0 Å². The summed E-state index contributed by atoms with van der Waals surface area (Å²) in [4.78, 5) is 37.9. The molecule has 1 atom stereocenters. The van der Waals surface area contributed by atoms with Gasteiger partial charge in [-0.3, -0.25) is 14.4 Å². The molecule has 0 aromatic carbocycles. The second-order valence-corrected chi connectivity index (χ2v) is 17.4. The molecule has 0 fully saturated rings. The van der Waals surface area contributed by atoms with Gasteiger partial charge in [-0.05, 0) is 64.2 Å². The van der Waals surface area contributed by atoms with Crippen LogP contribution in [0.2, 0.25) is 0 Å². The summed E-state index contributed by atoms with van der Waals surface area (Å²) in [7, 11) is 0. The highest BCUT2D eigenvalue weighted by Crippen LogP contribution is 2.15. The lowest BCUT2D eigenvalue weighted by Gasteiger charge is -2.18. The van der Waals surface area contributed by atoms with E-state index in [1.165, 1.54) is 173 Å². The molecule has 59 heavy (non-hydrogen) atoms. The van der Waals surface area contributed by atoms with E-state index in [9.17, 15) is 14.4 Å². The molecule has 6 heteroatoms. The molecule has 346 valence electrons. The number of carbonyl (C=O) groups is 3. The lowest BCUT2D eigenvalue weighted by atomic mass is 10.1. The molecule has 0 N–H and O–H groups in total. The molecule has 0 heterocycles. The monoisotopic (exact) mass is 831 g/mol. The topological polar surface area (TPSA) is 78.9 Å². The smallest absolute Gasteiger partial charge is 0.306 e. The van der Waals surface area contributed by atoms with Gasteiger partial charge in [0.2, 0.25) is 0 Å². The Morgan fingerprint density at radius 2 is 0.576 bits per heavy atom. The minimum atomic E-state index is -0.770. The van der Waals surface area contributed by atoms with Crippen molar-refractivity contribution in [1.29, 1.82) is 0 Å². The van der Waals surface area contributed by atoms with Crippen LogP contribution in [-0.4, -0.2) is 37.2 Å². The van der Waals surface area contributed by atoms with E-state index in [-0.39, 0.29) is 31.1 Å². The second kappa shape index (κ2) is 48.6. The van der Waals surface area contributed by atoms with Crippen molar-refractivity contribution in [3.05, 3.63) is 24.3 Å². The number of rotatable bonds is 47. The number of ether oxygens (including phenoxy) is 3. The van der Waals surface area contributed by atoms with Crippen molar-refractivity contribution in [3.63, 3.8) is 0 Å². The van der Waals surface area contributed by atoms with Crippen LogP contribution < -0.4 is 0 Å². The number of allylic oxidation sites excluding steroid dienone is 4. The van der Waals surface area contributed by atoms with Gasteiger partial charge in [-0.25, -0.2) is 0 Å². The molecule has 0 unspecified atom stereocenters. The average molecular weight is 831 g/mol. The van der Waals surface area contributed by atoms with Crippen LogP contribution in [0.4, 0.5) is 0 Å². The largest absolute Gasteiger partial charge is 0.462 e. The van der Waals surface area contributed by atoms with Gasteiger partial charge in [0.25, 0.3) is 0 Å². The Kier molecular flexibility index (Phi) is 46.8. The molecule has 0 saturated carbocycles. The minimum absolute atomic E-state index is 0.0718.